The number of fused-ring (bicyclic) bond motifs is 1. The zero-order chi connectivity index (χ0) is 19.6. The zero-order valence-electron chi connectivity index (χ0n) is 14.0. The largest absolute Gasteiger partial charge is 0.417 e. The maximum absolute atomic E-state index is 12.9. The maximum atomic E-state index is 12.9. The molecule has 0 spiro atoms. The number of rotatable bonds is 5. The van der Waals surface area contributed by atoms with Crippen molar-refractivity contribution in [1.29, 1.82) is 0 Å². The normalized spacial score (nSPS) is 12.9. The van der Waals surface area contributed by atoms with Gasteiger partial charge in [0, 0.05) is 17.8 Å². The van der Waals surface area contributed by atoms with Crippen molar-refractivity contribution in [2.45, 2.75) is 30.1 Å². The molecule has 1 amide bonds. The number of hydrogen-bond acceptors (Lipinski definition) is 4. The first kappa shape index (κ1) is 19.5. The molecule has 1 aromatic carbocycles. The fourth-order valence-electron chi connectivity index (χ4n) is 2.30. The smallest absolute Gasteiger partial charge is 0.351 e. The highest BCUT2D eigenvalue weighted by molar-refractivity contribution is 8.00. The van der Waals surface area contributed by atoms with Crippen LogP contribution in [-0.2, 0) is 17.5 Å². The Morgan fingerprint density at radius 1 is 1.26 bits per heavy atom. The van der Waals surface area contributed by atoms with Crippen molar-refractivity contribution in [3.05, 3.63) is 58.7 Å². The van der Waals surface area contributed by atoms with Gasteiger partial charge in [-0.3, -0.25) is 9.20 Å². The number of carbonyl (C=O) groups excluding carboxylic acids is 1. The predicted octanol–water partition coefficient (Wildman–Crippen LogP) is 4.20. The standard InChI is InChI=1S/C17H14ClF3N4OS/c1-10(15(26)22-8-11-4-2-3-5-13(11)18)27-16-24-23-14-7-6-12(9-25(14)16)17(19,20)21/h2-7,9-10H,8H2,1H3,(H,22,26). The van der Waals surface area contributed by atoms with Crippen LogP contribution in [0.3, 0.4) is 0 Å². The number of nitrogens with one attached hydrogen (secondary N) is 1. The summed E-state index contributed by atoms with van der Waals surface area (Å²) in [5, 5.41) is 10.6. The molecule has 0 aliphatic heterocycles. The second-order valence-electron chi connectivity index (χ2n) is 5.70. The van der Waals surface area contributed by atoms with Gasteiger partial charge in [0.25, 0.3) is 0 Å². The number of halogens is 4. The van der Waals surface area contributed by atoms with E-state index in [0.29, 0.717) is 5.02 Å². The lowest BCUT2D eigenvalue weighted by molar-refractivity contribution is -0.137. The SMILES string of the molecule is CC(Sc1nnc2ccc(C(F)(F)F)cn12)C(=O)NCc1ccccc1Cl. The Balaban J connectivity index is 1.70. The quantitative estimate of drug-likeness (QED) is 0.636. The van der Waals surface area contributed by atoms with Crippen molar-refractivity contribution in [2.75, 3.05) is 0 Å². The minimum absolute atomic E-state index is 0.205. The number of pyridine rings is 1. The van der Waals surface area contributed by atoms with Crippen molar-refractivity contribution in [1.82, 2.24) is 19.9 Å². The van der Waals surface area contributed by atoms with Crippen molar-refractivity contribution in [3.8, 4) is 0 Å². The Hall–Kier alpha value is -2.26. The Morgan fingerprint density at radius 2 is 2.00 bits per heavy atom. The number of carbonyl (C=O) groups is 1. The van der Waals surface area contributed by atoms with Crippen LogP contribution in [0.5, 0.6) is 0 Å². The maximum Gasteiger partial charge on any atom is 0.417 e. The Morgan fingerprint density at radius 3 is 2.70 bits per heavy atom. The summed E-state index contributed by atoms with van der Waals surface area (Å²) in [5.41, 5.74) is 0.231. The van der Waals surface area contributed by atoms with Crippen LogP contribution in [0.4, 0.5) is 13.2 Å². The highest BCUT2D eigenvalue weighted by Gasteiger charge is 2.31. The Bertz CT molecular complexity index is 976. The lowest BCUT2D eigenvalue weighted by Crippen LogP contribution is -2.30. The molecule has 27 heavy (non-hydrogen) atoms. The third kappa shape index (κ3) is 4.54. The van der Waals surface area contributed by atoms with Gasteiger partial charge in [0.05, 0.1) is 10.8 Å². The number of hydrogen-bond donors (Lipinski definition) is 1. The van der Waals surface area contributed by atoms with Gasteiger partial charge in [-0.15, -0.1) is 10.2 Å². The molecule has 0 saturated heterocycles. The molecule has 0 saturated carbocycles. The molecule has 10 heteroatoms. The van der Waals surface area contributed by atoms with Gasteiger partial charge in [-0.25, -0.2) is 0 Å². The van der Waals surface area contributed by atoms with E-state index in [1.165, 1.54) is 10.5 Å². The average molecular weight is 415 g/mol. The average Bonchev–Trinajstić information content (AvgIpc) is 3.02. The number of aromatic nitrogens is 3. The van der Waals surface area contributed by atoms with Gasteiger partial charge in [0.15, 0.2) is 10.8 Å². The van der Waals surface area contributed by atoms with Crippen LogP contribution in [-0.4, -0.2) is 25.8 Å². The van der Waals surface area contributed by atoms with E-state index in [1.807, 2.05) is 6.07 Å². The van der Waals surface area contributed by atoms with Crippen LogP contribution in [0.1, 0.15) is 18.1 Å². The molecule has 2 heterocycles. The highest BCUT2D eigenvalue weighted by Crippen LogP contribution is 2.30. The molecule has 0 aliphatic rings. The van der Waals surface area contributed by atoms with E-state index in [1.54, 1.807) is 25.1 Å². The van der Waals surface area contributed by atoms with E-state index in [4.69, 9.17) is 11.6 Å². The predicted molar refractivity (Wildman–Crippen MR) is 96.6 cm³/mol. The summed E-state index contributed by atoms with van der Waals surface area (Å²) in [6, 6.07) is 9.30. The van der Waals surface area contributed by atoms with Gasteiger partial charge in [0.1, 0.15) is 0 Å². The minimum atomic E-state index is -4.47. The molecule has 0 fully saturated rings. The first-order valence-electron chi connectivity index (χ1n) is 7.85. The van der Waals surface area contributed by atoms with Gasteiger partial charge >= 0.3 is 6.18 Å². The fraction of sp³-hybridized carbons (Fsp3) is 0.235. The molecule has 142 valence electrons. The number of benzene rings is 1. The van der Waals surface area contributed by atoms with E-state index in [0.717, 1.165) is 29.6 Å². The van der Waals surface area contributed by atoms with Crippen LogP contribution >= 0.6 is 23.4 Å². The number of nitrogens with zero attached hydrogens (tertiary/aromatic N) is 3. The van der Waals surface area contributed by atoms with Crippen LogP contribution in [0.15, 0.2) is 47.8 Å². The van der Waals surface area contributed by atoms with Crippen LogP contribution in [0, 0.1) is 0 Å². The van der Waals surface area contributed by atoms with Gasteiger partial charge in [-0.05, 0) is 30.7 Å². The first-order valence-corrected chi connectivity index (χ1v) is 9.11. The lowest BCUT2D eigenvalue weighted by atomic mass is 10.2. The molecule has 1 atom stereocenters. The Labute approximate surface area is 161 Å². The van der Waals surface area contributed by atoms with Gasteiger partial charge < -0.3 is 5.32 Å². The monoisotopic (exact) mass is 414 g/mol. The molecule has 2 aromatic heterocycles. The first-order chi connectivity index (χ1) is 12.8. The minimum Gasteiger partial charge on any atom is -0.351 e. The molecular formula is C17H14ClF3N4OS. The van der Waals surface area contributed by atoms with Crippen LogP contribution in [0.25, 0.3) is 5.65 Å². The molecule has 1 unspecified atom stereocenters. The summed E-state index contributed by atoms with van der Waals surface area (Å²) in [6.07, 6.45) is -3.55. The van der Waals surface area contributed by atoms with E-state index in [9.17, 15) is 18.0 Å². The summed E-state index contributed by atoms with van der Waals surface area (Å²) < 4.78 is 39.9. The molecule has 0 radical (unpaired) electrons. The molecule has 0 aliphatic carbocycles. The third-order valence-electron chi connectivity index (χ3n) is 3.76. The van der Waals surface area contributed by atoms with E-state index >= 15 is 0 Å². The summed E-state index contributed by atoms with van der Waals surface area (Å²) >= 11 is 7.07. The van der Waals surface area contributed by atoms with Gasteiger partial charge in [-0.2, -0.15) is 13.2 Å². The molecule has 1 N–H and O–H groups in total. The molecule has 3 rings (SSSR count). The highest BCUT2D eigenvalue weighted by atomic mass is 35.5. The molecular weight excluding hydrogens is 401 g/mol. The number of alkyl halides is 3. The van der Waals surface area contributed by atoms with Crippen molar-refractivity contribution in [3.63, 3.8) is 0 Å². The van der Waals surface area contributed by atoms with Crippen LogP contribution < -0.4 is 5.32 Å². The van der Waals surface area contributed by atoms with E-state index in [2.05, 4.69) is 15.5 Å². The molecule has 5 nitrogen and oxygen atoms in total. The van der Waals surface area contributed by atoms with Gasteiger partial charge in [-0.1, -0.05) is 41.6 Å². The second kappa shape index (κ2) is 7.77. The summed E-state index contributed by atoms with van der Waals surface area (Å²) in [5.74, 6) is -0.288. The third-order valence-corrected chi connectivity index (χ3v) is 5.19. The van der Waals surface area contributed by atoms with Gasteiger partial charge in [0.2, 0.25) is 5.91 Å². The lowest BCUT2D eigenvalue weighted by Gasteiger charge is -2.12. The number of thioether (sulfide) groups is 1. The van der Waals surface area contributed by atoms with Crippen molar-refractivity contribution in [2.24, 2.45) is 0 Å². The molecule has 0 bridgehead atoms. The van der Waals surface area contributed by atoms with Crippen molar-refractivity contribution < 1.29 is 18.0 Å². The molecule has 3 aromatic rings. The topological polar surface area (TPSA) is 59.3 Å². The van der Waals surface area contributed by atoms with Crippen LogP contribution in [0.2, 0.25) is 5.02 Å². The van der Waals surface area contributed by atoms with E-state index in [-0.39, 0.29) is 23.3 Å². The summed E-state index contributed by atoms with van der Waals surface area (Å²) in [6.45, 7) is 1.89. The second-order valence-corrected chi connectivity index (χ2v) is 7.41. The fourth-order valence-corrected chi connectivity index (χ4v) is 3.35. The summed E-state index contributed by atoms with van der Waals surface area (Å²) in [7, 11) is 0. The zero-order valence-corrected chi connectivity index (χ0v) is 15.6. The van der Waals surface area contributed by atoms with E-state index < -0.39 is 17.0 Å². The van der Waals surface area contributed by atoms with Crippen molar-refractivity contribution >= 4 is 34.9 Å². The summed E-state index contributed by atoms with van der Waals surface area (Å²) in [4.78, 5) is 12.3. The number of amides is 1. The Kier molecular flexibility index (Phi) is 5.61.